The molecule has 1 aliphatic rings. The molecule has 0 fully saturated rings. The second kappa shape index (κ2) is 5.89. The summed E-state index contributed by atoms with van der Waals surface area (Å²) < 4.78 is 17.1. The van der Waals surface area contributed by atoms with E-state index in [-0.39, 0.29) is 0 Å². The Kier molecular flexibility index (Phi) is 3.98. The Morgan fingerprint density at radius 2 is 2.10 bits per heavy atom. The van der Waals surface area contributed by atoms with E-state index in [1.807, 2.05) is 18.2 Å². The summed E-state index contributed by atoms with van der Waals surface area (Å²) >= 11 is 3.48. The summed E-state index contributed by atoms with van der Waals surface area (Å²) in [5.41, 5.74) is 1.75. The van der Waals surface area contributed by atoms with Crippen LogP contribution >= 0.6 is 15.9 Å². The van der Waals surface area contributed by atoms with Gasteiger partial charge in [-0.15, -0.1) is 0 Å². The van der Waals surface area contributed by atoms with Crippen molar-refractivity contribution in [3.8, 4) is 11.5 Å². The van der Waals surface area contributed by atoms with E-state index in [1.165, 1.54) is 0 Å². The van der Waals surface area contributed by atoms with Gasteiger partial charge in [0.2, 0.25) is 0 Å². The lowest BCUT2D eigenvalue weighted by molar-refractivity contribution is 0.177. The fourth-order valence-electron chi connectivity index (χ4n) is 2.19. The normalized spacial score (nSPS) is 15.7. The molecule has 1 N–H and O–H groups in total. The highest BCUT2D eigenvalue weighted by Gasteiger charge is 2.18. The number of rotatable bonds is 3. The van der Waals surface area contributed by atoms with Gasteiger partial charge in [0.25, 0.3) is 0 Å². The van der Waals surface area contributed by atoms with Crippen molar-refractivity contribution >= 4 is 15.9 Å². The van der Waals surface area contributed by atoms with Gasteiger partial charge in [-0.05, 0) is 45.3 Å². The fourth-order valence-corrected chi connectivity index (χ4v) is 2.77. The van der Waals surface area contributed by atoms with Gasteiger partial charge in [-0.1, -0.05) is 0 Å². The summed E-state index contributed by atoms with van der Waals surface area (Å²) in [7, 11) is 0. The zero-order valence-corrected chi connectivity index (χ0v) is 12.4. The van der Waals surface area contributed by atoms with Crippen molar-refractivity contribution in [1.29, 1.82) is 0 Å². The first-order valence-corrected chi connectivity index (χ1v) is 7.31. The van der Waals surface area contributed by atoms with Crippen LogP contribution in [0.3, 0.4) is 0 Å². The van der Waals surface area contributed by atoms with Gasteiger partial charge < -0.3 is 19.0 Å². The van der Waals surface area contributed by atoms with Crippen molar-refractivity contribution in [1.82, 2.24) is 0 Å². The molecule has 1 aromatic carbocycles. The van der Waals surface area contributed by atoms with E-state index < -0.39 is 6.10 Å². The quantitative estimate of drug-likeness (QED) is 0.930. The van der Waals surface area contributed by atoms with Crippen molar-refractivity contribution in [3.05, 3.63) is 46.3 Å². The Labute approximate surface area is 125 Å². The first-order valence-electron chi connectivity index (χ1n) is 6.52. The lowest BCUT2D eigenvalue weighted by Gasteiger charge is -2.15. The molecule has 2 aromatic rings. The van der Waals surface area contributed by atoms with Crippen LogP contribution in [0, 0.1) is 0 Å². The number of furan rings is 1. The van der Waals surface area contributed by atoms with Gasteiger partial charge in [0, 0.05) is 12.8 Å². The Hall–Kier alpha value is -1.46. The lowest BCUT2D eigenvalue weighted by Crippen LogP contribution is -2.03. The maximum Gasteiger partial charge on any atom is 0.175 e. The predicted molar refractivity (Wildman–Crippen MR) is 77.1 cm³/mol. The summed E-state index contributed by atoms with van der Waals surface area (Å²) in [6.45, 7) is 1.27. The van der Waals surface area contributed by atoms with E-state index in [1.54, 1.807) is 12.5 Å². The highest BCUT2D eigenvalue weighted by Crippen LogP contribution is 2.39. The molecular formula is C15H15BrO4. The Bertz CT molecular complexity index is 580. The molecule has 2 heterocycles. The van der Waals surface area contributed by atoms with Gasteiger partial charge in [-0.3, -0.25) is 0 Å². The third kappa shape index (κ3) is 2.83. The molecule has 0 spiro atoms. The molecule has 1 aromatic heterocycles. The van der Waals surface area contributed by atoms with E-state index in [0.717, 1.165) is 22.0 Å². The molecule has 3 rings (SSSR count). The Morgan fingerprint density at radius 1 is 1.25 bits per heavy atom. The van der Waals surface area contributed by atoms with Crippen LogP contribution in [0.2, 0.25) is 0 Å². The summed E-state index contributed by atoms with van der Waals surface area (Å²) in [4.78, 5) is 0. The molecule has 0 radical (unpaired) electrons. The zero-order chi connectivity index (χ0) is 13.9. The van der Waals surface area contributed by atoms with Crippen LogP contribution in [0.4, 0.5) is 0 Å². The standard InChI is InChI=1S/C15H15BrO4/c16-12-7-11(13(17)6-10-2-5-18-9-10)8-14-15(12)20-4-1-3-19-14/h2,5,7-9,13,17H,1,3-4,6H2. The number of aliphatic hydroxyl groups excluding tert-OH is 1. The van der Waals surface area contributed by atoms with Crippen LogP contribution in [-0.4, -0.2) is 18.3 Å². The molecule has 106 valence electrons. The topological polar surface area (TPSA) is 51.8 Å². The SMILES string of the molecule is OC(Cc1ccoc1)c1cc(Br)c2c(c1)OCCCO2. The molecule has 0 bridgehead atoms. The van der Waals surface area contributed by atoms with Crippen LogP contribution in [0.5, 0.6) is 11.5 Å². The molecule has 1 atom stereocenters. The number of fused-ring (bicyclic) bond motifs is 1. The van der Waals surface area contributed by atoms with E-state index in [0.29, 0.717) is 31.1 Å². The smallest absolute Gasteiger partial charge is 0.175 e. The van der Waals surface area contributed by atoms with E-state index in [2.05, 4.69) is 15.9 Å². The minimum absolute atomic E-state index is 0.503. The van der Waals surface area contributed by atoms with Gasteiger partial charge in [-0.2, -0.15) is 0 Å². The average Bonchev–Trinajstić information content (AvgIpc) is 2.81. The van der Waals surface area contributed by atoms with Crippen LogP contribution in [-0.2, 0) is 6.42 Å². The molecule has 1 unspecified atom stereocenters. The third-order valence-electron chi connectivity index (χ3n) is 3.22. The van der Waals surface area contributed by atoms with Crippen LogP contribution in [0.15, 0.2) is 39.6 Å². The van der Waals surface area contributed by atoms with Gasteiger partial charge >= 0.3 is 0 Å². The monoisotopic (exact) mass is 338 g/mol. The van der Waals surface area contributed by atoms with Crippen LogP contribution in [0.25, 0.3) is 0 Å². The molecule has 0 aliphatic carbocycles. The van der Waals surface area contributed by atoms with Crippen molar-refractivity contribution in [2.24, 2.45) is 0 Å². The predicted octanol–water partition coefficient (Wildman–Crippen LogP) is 3.48. The van der Waals surface area contributed by atoms with Crippen molar-refractivity contribution in [2.75, 3.05) is 13.2 Å². The molecule has 4 nitrogen and oxygen atoms in total. The highest BCUT2D eigenvalue weighted by molar-refractivity contribution is 9.10. The molecule has 0 saturated heterocycles. The molecule has 20 heavy (non-hydrogen) atoms. The summed E-state index contributed by atoms with van der Waals surface area (Å²) in [5.74, 6) is 1.39. The first-order chi connectivity index (χ1) is 9.74. The minimum atomic E-state index is -0.610. The fraction of sp³-hybridized carbons (Fsp3) is 0.333. The minimum Gasteiger partial charge on any atom is -0.490 e. The van der Waals surface area contributed by atoms with Crippen LogP contribution < -0.4 is 9.47 Å². The Balaban J connectivity index is 1.86. The van der Waals surface area contributed by atoms with Gasteiger partial charge in [-0.25, -0.2) is 0 Å². The molecule has 1 aliphatic heterocycles. The number of aliphatic hydroxyl groups is 1. The second-order valence-corrected chi connectivity index (χ2v) is 5.59. The number of halogens is 1. The van der Waals surface area contributed by atoms with Crippen LogP contribution in [0.1, 0.15) is 23.7 Å². The summed E-state index contributed by atoms with van der Waals surface area (Å²) in [5, 5.41) is 10.3. The molecule has 0 saturated carbocycles. The molecule has 0 amide bonds. The Morgan fingerprint density at radius 3 is 2.90 bits per heavy atom. The van der Waals surface area contributed by atoms with E-state index >= 15 is 0 Å². The first kappa shape index (κ1) is 13.5. The maximum atomic E-state index is 10.3. The van der Waals surface area contributed by atoms with E-state index in [4.69, 9.17) is 13.9 Å². The summed E-state index contributed by atoms with van der Waals surface area (Å²) in [6, 6.07) is 5.57. The second-order valence-electron chi connectivity index (χ2n) is 4.73. The van der Waals surface area contributed by atoms with Gasteiger partial charge in [0.05, 0.1) is 36.3 Å². The van der Waals surface area contributed by atoms with Crippen molar-refractivity contribution < 1.29 is 19.0 Å². The van der Waals surface area contributed by atoms with Gasteiger partial charge in [0.1, 0.15) is 0 Å². The number of hydrogen-bond donors (Lipinski definition) is 1. The largest absolute Gasteiger partial charge is 0.490 e. The van der Waals surface area contributed by atoms with Gasteiger partial charge in [0.15, 0.2) is 11.5 Å². The maximum absolute atomic E-state index is 10.3. The third-order valence-corrected chi connectivity index (χ3v) is 3.81. The average molecular weight is 339 g/mol. The molecule has 5 heteroatoms. The number of hydrogen-bond acceptors (Lipinski definition) is 4. The zero-order valence-electron chi connectivity index (χ0n) is 10.8. The summed E-state index contributed by atoms with van der Waals surface area (Å²) in [6.07, 6.45) is 3.99. The van der Waals surface area contributed by atoms with E-state index in [9.17, 15) is 5.11 Å². The lowest BCUT2D eigenvalue weighted by atomic mass is 10.0. The molecular weight excluding hydrogens is 324 g/mol. The van der Waals surface area contributed by atoms with Crippen molar-refractivity contribution in [3.63, 3.8) is 0 Å². The highest BCUT2D eigenvalue weighted by atomic mass is 79.9. The van der Waals surface area contributed by atoms with Crippen molar-refractivity contribution in [2.45, 2.75) is 18.9 Å². The number of benzene rings is 1. The number of ether oxygens (including phenoxy) is 2.